The number of hydrogen-bond donors (Lipinski definition) is 2. The first-order chi connectivity index (χ1) is 10.6. The zero-order chi connectivity index (χ0) is 15.7. The third kappa shape index (κ3) is 2.26. The summed E-state index contributed by atoms with van der Waals surface area (Å²) in [5.74, 6) is -0.120. The van der Waals surface area contributed by atoms with Crippen LogP contribution in [-0.4, -0.2) is 23.1 Å². The van der Waals surface area contributed by atoms with Crippen molar-refractivity contribution in [1.82, 2.24) is 4.98 Å². The topological polar surface area (TPSA) is 83.1 Å². The van der Waals surface area contributed by atoms with E-state index in [1.165, 1.54) is 12.3 Å². The molecule has 1 aliphatic rings. The number of benzene rings is 1. The van der Waals surface area contributed by atoms with Crippen LogP contribution < -0.4 is 10.6 Å². The number of aromatic nitrogens is 1. The molecule has 0 aliphatic carbocycles. The van der Waals surface area contributed by atoms with Gasteiger partial charge in [-0.25, -0.2) is 0 Å². The highest BCUT2D eigenvalue weighted by Gasteiger charge is 2.24. The number of nitrogens with two attached hydrogens (primary N) is 1. The van der Waals surface area contributed by atoms with Crippen molar-refractivity contribution in [2.75, 3.05) is 17.2 Å². The molecule has 0 atom stereocenters. The molecule has 3 N–H and O–H groups in total. The summed E-state index contributed by atoms with van der Waals surface area (Å²) in [6.07, 6.45) is 5.28. The molecule has 1 aromatic carbocycles. The molecule has 2 aromatic rings. The number of hydrogen-bond acceptors (Lipinski definition) is 4. The van der Waals surface area contributed by atoms with Crippen molar-refractivity contribution in [1.29, 1.82) is 5.41 Å². The summed E-state index contributed by atoms with van der Waals surface area (Å²) in [5.41, 5.74) is 9.98. The molecule has 0 radical (unpaired) electrons. The smallest absolute Gasteiger partial charge is 0.250 e. The minimum Gasteiger partial charge on any atom is -0.397 e. The van der Waals surface area contributed by atoms with Crippen molar-refractivity contribution in [2.24, 2.45) is 0 Å². The van der Waals surface area contributed by atoms with E-state index >= 15 is 0 Å². The van der Waals surface area contributed by atoms with Crippen molar-refractivity contribution in [3.05, 3.63) is 66.0 Å². The fourth-order valence-corrected chi connectivity index (χ4v) is 2.66. The summed E-state index contributed by atoms with van der Waals surface area (Å²) in [5, 5.41) is 8.36. The van der Waals surface area contributed by atoms with Crippen LogP contribution in [0.15, 0.2) is 49.3 Å². The van der Waals surface area contributed by atoms with Gasteiger partial charge in [-0.2, -0.15) is 0 Å². The molecule has 0 fully saturated rings. The van der Waals surface area contributed by atoms with E-state index in [0.29, 0.717) is 23.5 Å². The van der Waals surface area contributed by atoms with Crippen LogP contribution in [0.25, 0.3) is 0 Å². The van der Waals surface area contributed by atoms with Gasteiger partial charge in [0.25, 0.3) is 0 Å². The Balaban J connectivity index is 2.01. The summed E-state index contributed by atoms with van der Waals surface area (Å²) >= 11 is 0. The van der Waals surface area contributed by atoms with Gasteiger partial charge < -0.3 is 10.6 Å². The summed E-state index contributed by atoms with van der Waals surface area (Å²) in [4.78, 5) is 17.5. The summed E-state index contributed by atoms with van der Waals surface area (Å²) in [7, 11) is 0. The van der Waals surface area contributed by atoms with Crippen LogP contribution in [-0.2, 0) is 11.2 Å². The van der Waals surface area contributed by atoms with Crippen molar-refractivity contribution in [3.8, 4) is 0 Å². The fraction of sp³-hybridized carbons (Fsp3) is 0.118. The number of pyridine rings is 1. The first-order valence-corrected chi connectivity index (χ1v) is 6.97. The number of carbonyl (C=O) groups is 1. The molecular weight excluding hydrogens is 276 g/mol. The SMILES string of the molecule is C=CC(=O)N1CCc2ccc(C(=N)c3ccncc3N)cc21. The van der Waals surface area contributed by atoms with E-state index in [1.54, 1.807) is 17.2 Å². The van der Waals surface area contributed by atoms with Gasteiger partial charge in [-0.1, -0.05) is 18.7 Å². The molecule has 1 aliphatic heterocycles. The van der Waals surface area contributed by atoms with Crippen LogP contribution in [0.2, 0.25) is 0 Å². The average molecular weight is 292 g/mol. The minimum absolute atomic E-state index is 0.120. The largest absolute Gasteiger partial charge is 0.397 e. The zero-order valence-electron chi connectivity index (χ0n) is 12.0. The van der Waals surface area contributed by atoms with Gasteiger partial charge >= 0.3 is 0 Å². The maximum absolute atomic E-state index is 11.9. The molecule has 0 unspecified atom stereocenters. The van der Waals surface area contributed by atoms with Crippen molar-refractivity contribution >= 4 is 23.0 Å². The number of nitrogens with zero attached hydrogens (tertiary/aromatic N) is 2. The van der Waals surface area contributed by atoms with Gasteiger partial charge in [0.15, 0.2) is 0 Å². The normalized spacial score (nSPS) is 12.8. The third-order valence-electron chi connectivity index (χ3n) is 3.83. The van der Waals surface area contributed by atoms with Crippen LogP contribution in [0.1, 0.15) is 16.7 Å². The van der Waals surface area contributed by atoms with Gasteiger partial charge in [0, 0.05) is 29.6 Å². The van der Waals surface area contributed by atoms with Gasteiger partial charge in [-0.3, -0.25) is 15.2 Å². The lowest BCUT2D eigenvalue weighted by Crippen LogP contribution is -2.26. The van der Waals surface area contributed by atoms with E-state index in [0.717, 1.165) is 23.2 Å². The van der Waals surface area contributed by atoms with Crippen LogP contribution in [0.5, 0.6) is 0 Å². The molecule has 0 saturated heterocycles. The molecule has 5 heteroatoms. The molecule has 110 valence electrons. The maximum atomic E-state index is 11.9. The monoisotopic (exact) mass is 292 g/mol. The van der Waals surface area contributed by atoms with Gasteiger partial charge in [0.1, 0.15) is 0 Å². The van der Waals surface area contributed by atoms with Gasteiger partial charge in [-0.05, 0) is 30.2 Å². The second-order valence-electron chi connectivity index (χ2n) is 5.13. The number of fused-ring (bicyclic) bond motifs is 1. The molecule has 0 bridgehead atoms. The minimum atomic E-state index is -0.120. The Kier molecular flexibility index (Phi) is 3.47. The average Bonchev–Trinajstić information content (AvgIpc) is 2.97. The maximum Gasteiger partial charge on any atom is 0.250 e. The molecule has 3 rings (SSSR count). The highest BCUT2D eigenvalue weighted by Crippen LogP contribution is 2.30. The Labute approximate surface area is 128 Å². The predicted molar refractivity (Wildman–Crippen MR) is 87.3 cm³/mol. The highest BCUT2D eigenvalue weighted by molar-refractivity contribution is 6.14. The zero-order valence-corrected chi connectivity index (χ0v) is 12.0. The van der Waals surface area contributed by atoms with E-state index in [9.17, 15) is 4.79 Å². The summed E-state index contributed by atoms with van der Waals surface area (Å²) < 4.78 is 0. The Hall–Kier alpha value is -2.95. The molecule has 0 saturated carbocycles. The molecule has 1 aromatic heterocycles. The Morgan fingerprint density at radius 1 is 1.41 bits per heavy atom. The first kappa shape index (κ1) is 14.0. The van der Waals surface area contributed by atoms with E-state index in [1.807, 2.05) is 18.2 Å². The van der Waals surface area contributed by atoms with E-state index < -0.39 is 0 Å². The van der Waals surface area contributed by atoms with E-state index in [-0.39, 0.29) is 5.91 Å². The Morgan fingerprint density at radius 3 is 2.95 bits per heavy atom. The number of carbonyl (C=O) groups excluding carboxylic acids is 1. The van der Waals surface area contributed by atoms with E-state index in [4.69, 9.17) is 11.1 Å². The number of nitrogens with one attached hydrogen (secondary N) is 1. The molecule has 22 heavy (non-hydrogen) atoms. The number of nitrogen functional groups attached to an aromatic ring is 1. The third-order valence-corrected chi connectivity index (χ3v) is 3.83. The summed E-state index contributed by atoms with van der Waals surface area (Å²) in [6.45, 7) is 4.19. The van der Waals surface area contributed by atoms with Crippen molar-refractivity contribution in [2.45, 2.75) is 6.42 Å². The lowest BCUT2D eigenvalue weighted by Gasteiger charge is -2.16. The predicted octanol–water partition coefficient (Wildman–Crippen LogP) is 2.16. The van der Waals surface area contributed by atoms with Crippen molar-refractivity contribution in [3.63, 3.8) is 0 Å². The van der Waals surface area contributed by atoms with Crippen molar-refractivity contribution < 1.29 is 4.79 Å². The van der Waals surface area contributed by atoms with Crippen LogP contribution in [0.3, 0.4) is 0 Å². The highest BCUT2D eigenvalue weighted by atomic mass is 16.2. The first-order valence-electron chi connectivity index (χ1n) is 6.97. The van der Waals surface area contributed by atoms with Gasteiger partial charge in [0.2, 0.25) is 5.91 Å². The Bertz CT molecular complexity index is 782. The lowest BCUT2D eigenvalue weighted by atomic mass is 10.00. The number of rotatable bonds is 3. The standard InChI is InChI=1S/C17H16N4O/c1-2-16(22)21-8-6-11-3-4-12(9-15(11)21)17(19)13-5-7-20-10-14(13)18/h2-5,7,9-10,19H,1,6,8,18H2. The molecule has 2 heterocycles. The van der Waals surface area contributed by atoms with Crippen LogP contribution >= 0.6 is 0 Å². The molecular formula is C17H16N4O. The van der Waals surface area contributed by atoms with E-state index in [2.05, 4.69) is 11.6 Å². The summed E-state index contributed by atoms with van der Waals surface area (Å²) in [6, 6.07) is 7.44. The second kappa shape index (κ2) is 5.44. The number of amides is 1. The molecule has 5 nitrogen and oxygen atoms in total. The van der Waals surface area contributed by atoms with Gasteiger partial charge in [0.05, 0.1) is 17.6 Å². The molecule has 0 spiro atoms. The van der Waals surface area contributed by atoms with Gasteiger partial charge in [-0.15, -0.1) is 0 Å². The second-order valence-corrected chi connectivity index (χ2v) is 5.13. The van der Waals surface area contributed by atoms with Crippen LogP contribution in [0, 0.1) is 5.41 Å². The van der Waals surface area contributed by atoms with Crippen LogP contribution in [0.4, 0.5) is 11.4 Å². The number of anilines is 2. The Morgan fingerprint density at radius 2 is 2.23 bits per heavy atom. The quantitative estimate of drug-likeness (QED) is 0.671. The molecule has 1 amide bonds. The fourth-order valence-electron chi connectivity index (χ4n) is 2.66. The lowest BCUT2D eigenvalue weighted by molar-refractivity contribution is -0.114.